The van der Waals surface area contributed by atoms with Gasteiger partial charge < -0.3 is 4.90 Å². The molecule has 0 aliphatic rings. The molecule has 6 nitrogen and oxygen atoms in total. The second kappa shape index (κ2) is 4.24. The molecule has 6 heteroatoms. The maximum Gasteiger partial charge on any atom is 0.289 e. The molecule has 0 spiro atoms. The average Bonchev–Trinajstić information content (AvgIpc) is 2.55. The minimum absolute atomic E-state index is 0.310. The third-order valence-electron chi connectivity index (χ3n) is 1.20. The molecule has 70 valence electrons. The predicted octanol–water partition coefficient (Wildman–Crippen LogP) is -0.356. The topological polar surface area (TPSA) is 73.4 Å². The van der Waals surface area contributed by atoms with E-state index in [1.54, 1.807) is 11.0 Å². The molecule has 0 aromatic carbocycles. The Kier molecular flexibility index (Phi) is 3.02. The van der Waals surface area contributed by atoms with Crippen LogP contribution in [0.15, 0.2) is 17.4 Å². The van der Waals surface area contributed by atoms with Crippen molar-refractivity contribution >= 4 is 12.2 Å². The van der Waals surface area contributed by atoms with Crippen LogP contribution in [0.1, 0.15) is 10.5 Å². The molecule has 1 aromatic rings. The second-order valence-corrected chi connectivity index (χ2v) is 2.62. The molecule has 13 heavy (non-hydrogen) atoms. The predicted molar refractivity (Wildman–Crippen MR) is 48.2 cm³/mol. The first-order valence-corrected chi connectivity index (χ1v) is 3.69. The Morgan fingerprint density at radius 2 is 2.54 bits per heavy atom. The minimum atomic E-state index is -0.310. The molecule has 1 heterocycles. The fourth-order valence-corrected chi connectivity index (χ4v) is 0.646. The van der Waals surface area contributed by atoms with Crippen LogP contribution in [0.3, 0.4) is 0 Å². The molecule has 0 aliphatic carbocycles. The third kappa shape index (κ3) is 2.94. The molecule has 0 unspecified atom stereocenters. The van der Waals surface area contributed by atoms with E-state index < -0.39 is 0 Å². The maximum absolute atomic E-state index is 11.2. The van der Waals surface area contributed by atoms with Crippen molar-refractivity contribution in [2.75, 3.05) is 14.1 Å². The van der Waals surface area contributed by atoms with Gasteiger partial charge in [0.1, 0.15) is 12.0 Å². The Hall–Kier alpha value is -1.85. The zero-order chi connectivity index (χ0) is 9.68. The van der Waals surface area contributed by atoms with Crippen molar-refractivity contribution < 1.29 is 4.79 Å². The average molecular weight is 181 g/mol. The normalized spacial score (nSPS) is 10.3. The Morgan fingerprint density at radius 3 is 3.08 bits per heavy atom. The van der Waals surface area contributed by atoms with E-state index in [1.807, 2.05) is 14.1 Å². The summed E-state index contributed by atoms with van der Waals surface area (Å²) in [4.78, 5) is 12.9. The van der Waals surface area contributed by atoms with Crippen LogP contribution in [0.5, 0.6) is 0 Å². The lowest BCUT2D eigenvalue weighted by Gasteiger charge is -2.01. The van der Waals surface area contributed by atoms with Gasteiger partial charge in [-0.25, -0.2) is 5.43 Å². The summed E-state index contributed by atoms with van der Waals surface area (Å²) in [6.07, 6.45) is 3.00. The first kappa shape index (κ1) is 9.24. The molecule has 1 aromatic heterocycles. The summed E-state index contributed by atoms with van der Waals surface area (Å²) in [6, 6.07) is 1.57. The molecule has 0 saturated carbocycles. The zero-order valence-corrected chi connectivity index (χ0v) is 7.48. The van der Waals surface area contributed by atoms with Crippen LogP contribution < -0.4 is 5.43 Å². The quantitative estimate of drug-likeness (QED) is 0.380. The van der Waals surface area contributed by atoms with Gasteiger partial charge >= 0.3 is 0 Å². The number of hydrogen-bond donors (Lipinski definition) is 2. The molecule has 0 saturated heterocycles. The first-order valence-electron chi connectivity index (χ1n) is 3.69. The van der Waals surface area contributed by atoms with Crippen molar-refractivity contribution in [1.29, 1.82) is 0 Å². The number of hydrogen-bond acceptors (Lipinski definition) is 3. The highest BCUT2D eigenvalue weighted by atomic mass is 16.2. The van der Waals surface area contributed by atoms with Gasteiger partial charge in [-0.15, -0.1) is 0 Å². The van der Waals surface area contributed by atoms with E-state index >= 15 is 0 Å². The van der Waals surface area contributed by atoms with Crippen molar-refractivity contribution in [3.8, 4) is 0 Å². The zero-order valence-electron chi connectivity index (χ0n) is 7.48. The van der Waals surface area contributed by atoms with Crippen LogP contribution in [-0.4, -0.2) is 41.4 Å². The summed E-state index contributed by atoms with van der Waals surface area (Å²) in [5, 5.41) is 9.84. The van der Waals surface area contributed by atoms with Gasteiger partial charge in [0.05, 0.1) is 0 Å². The van der Waals surface area contributed by atoms with Gasteiger partial charge in [0.15, 0.2) is 0 Å². The number of H-pyrrole nitrogens is 1. The lowest BCUT2D eigenvalue weighted by atomic mass is 10.4. The molecular weight excluding hydrogens is 170 g/mol. The number of nitrogens with zero attached hydrogens (tertiary/aromatic N) is 3. The molecule has 2 N–H and O–H groups in total. The summed E-state index contributed by atoms with van der Waals surface area (Å²) in [5.74, 6) is -0.310. The number of rotatable bonds is 3. The highest BCUT2D eigenvalue weighted by Crippen LogP contribution is 1.89. The van der Waals surface area contributed by atoms with Gasteiger partial charge in [0.2, 0.25) is 0 Å². The molecule has 0 radical (unpaired) electrons. The van der Waals surface area contributed by atoms with Crippen molar-refractivity contribution in [1.82, 2.24) is 20.5 Å². The van der Waals surface area contributed by atoms with Crippen molar-refractivity contribution in [2.45, 2.75) is 0 Å². The molecule has 0 atom stereocenters. The number of amides is 1. The highest BCUT2D eigenvalue weighted by molar-refractivity contribution is 5.92. The fraction of sp³-hybridized carbons (Fsp3) is 0.286. The van der Waals surface area contributed by atoms with Crippen molar-refractivity contribution in [3.63, 3.8) is 0 Å². The van der Waals surface area contributed by atoms with Crippen LogP contribution in [0.25, 0.3) is 0 Å². The summed E-state index contributed by atoms with van der Waals surface area (Å²) >= 11 is 0. The van der Waals surface area contributed by atoms with Crippen LogP contribution in [0, 0.1) is 0 Å². The Labute approximate surface area is 75.6 Å². The third-order valence-corrected chi connectivity index (χ3v) is 1.20. The largest absolute Gasteiger partial charge is 0.367 e. The number of aromatic amines is 1. The van der Waals surface area contributed by atoms with Gasteiger partial charge in [-0.3, -0.25) is 9.89 Å². The number of carbonyl (C=O) groups is 1. The van der Waals surface area contributed by atoms with E-state index in [-0.39, 0.29) is 5.91 Å². The summed E-state index contributed by atoms with van der Waals surface area (Å²) in [5.41, 5.74) is 2.72. The number of aromatic nitrogens is 2. The van der Waals surface area contributed by atoms with E-state index in [0.29, 0.717) is 5.69 Å². The highest BCUT2D eigenvalue weighted by Gasteiger charge is 2.03. The van der Waals surface area contributed by atoms with Crippen LogP contribution >= 0.6 is 0 Å². The Morgan fingerprint density at radius 1 is 1.77 bits per heavy atom. The SMILES string of the molecule is CN(C)C=NNC(=O)c1ccn[nH]1. The Balaban J connectivity index is 2.43. The van der Waals surface area contributed by atoms with Gasteiger partial charge in [-0.2, -0.15) is 10.2 Å². The first-order chi connectivity index (χ1) is 6.20. The molecule has 0 bridgehead atoms. The second-order valence-electron chi connectivity index (χ2n) is 2.62. The number of carbonyl (C=O) groups excluding carboxylic acids is 1. The van der Waals surface area contributed by atoms with Crippen molar-refractivity contribution in [3.05, 3.63) is 18.0 Å². The molecular formula is C7H11N5O. The number of hydrazone groups is 1. The molecule has 0 aliphatic heterocycles. The van der Waals surface area contributed by atoms with E-state index in [9.17, 15) is 4.79 Å². The van der Waals surface area contributed by atoms with Crippen molar-refractivity contribution in [2.24, 2.45) is 5.10 Å². The van der Waals surface area contributed by atoms with Gasteiger partial charge in [0, 0.05) is 20.3 Å². The van der Waals surface area contributed by atoms with E-state index in [1.165, 1.54) is 12.5 Å². The standard InChI is InChI=1S/C7H11N5O/c1-12(2)5-9-11-7(13)6-3-4-8-10-6/h3-5H,1-2H3,(H,8,10)(H,11,13). The van der Waals surface area contributed by atoms with Crippen LogP contribution in [0.2, 0.25) is 0 Å². The summed E-state index contributed by atoms with van der Waals surface area (Å²) < 4.78 is 0. The van der Waals surface area contributed by atoms with Gasteiger partial charge in [-0.05, 0) is 6.07 Å². The van der Waals surface area contributed by atoms with Gasteiger partial charge in [-0.1, -0.05) is 0 Å². The van der Waals surface area contributed by atoms with E-state index in [0.717, 1.165) is 0 Å². The van der Waals surface area contributed by atoms with Crippen LogP contribution in [0.4, 0.5) is 0 Å². The van der Waals surface area contributed by atoms with Gasteiger partial charge in [0.25, 0.3) is 5.91 Å². The molecule has 1 amide bonds. The van der Waals surface area contributed by atoms with E-state index in [2.05, 4.69) is 20.7 Å². The lowest BCUT2D eigenvalue weighted by molar-refractivity contribution is 0.0949. The maximum atomic E-state index is 11.2. The molecule has 0 fully saturated rings. The monoisotopic (exact) mass is 181 g/mol. The minimum Gasteiger partial charge on any atom is -0.367 e. The van der Waals surface area contributed by atoms with E-state index in [4.69, 9.17) is 0 Å². The summed E-state index contributed by atoms with van der Waals surface area (Å²) in [6.45, 7) is 0. The Bertz CT molecular complexity index is 290. The smallest absolute Gasteiger partial charge is 0.289 e. The van der Waals surface area contributed by atoms with Crippen LogP contribution in [-0.2, 0) is 0 Å². The molecule has 1 rings (SSSR count). The summed E-state index contributed by atoms with van der Waals surface area (Å²) in [7, 11) is 3.62. The lowest BCUT2D eigenvalue weighted by Crippen LogP contribution is -2.20. The fourth-order valence-electron chi connectivity index (χ4n) is 0.646. The number of nitrogens with one attached hydrogen (secondary N) is 2.